The number of aryl methyl sites for hydroxylation is 2. The molecule has 3 rings (SSSR count). The number of hydrogen-bond acceptors (Lipinski definition) is 5. The average molecular weight is 300 g/mol. The van der Waals surface area contributed by atoms with Gasteiger partial charge in [-0.2, -0.15) is 0 Å². The average Bonchev–Trinajstić information content (AvgIpc) is 2.81. The van der Waals surface area contributed by atoms with Gasteiger partial charge in [-0.3, -0.25) is 14.0 Å². The Morgan fingerprint density at radius 1 is 1.33 bits per heavy atom. The van der Waals surface area contributed by atoms with Gasteiger partial charge in [-0.25, -0.2) is 9.97 Å². The van der Waals surface area contributed by atoms with Crippen molar-refractivity contribution in [3.8, 4) is 0 Å². The second-order valence-corrected chi connectivity index (χ2v) is 5.43. The predicted octanol–water partition coefficient (Wildman–Crippen LogP) is 2.02. The van der Waals surface area contributed by atoms with Crippen molar-refractivity contribution in [3.05, 3.63) is 57.1 Å². The van der Waals surface area contributed by atoms with Crippen LogP contribution in [0.3, 0.4) is 0 Å². The molecule has 0 saturated heterocycles. The van der Waals surface area contributed by atoms with E-state index in [1.165, 1.54) is 21.9 Å². The van der Waals surface area contributed by atoms with Crippen LogP contribution in [0.5, 0.6) is 0 Å². The van der Waals surface area contributed by atoms with Gasteiger partial charge in [0.1, 0.15) is 11.4 Å². The van der Waals surface area contributed by atoms with E-state index >= 15 is 0 Å². The molecule has 0 aromatic carbocycles. The minimum absolute atomic E-state index is 0.00249. The summed E-state index contributed by atoms with van der Waals surface area (Å²) >= 11 is 1.36. The Labute approximate surface area is 124 Å². The van der Waals surface area contributed by atoms with E-state index < -0.39 is 5.91 Å². The Morgan fingerprint density at radius 2 is 2.14 bits per heavy atom. The second-order valence-electron chi connectivity index (χ2n) is 4.59. The van der Waals surface area contributed by atoms with Gasteiger partial charge in [0.25, 0.3) is 11.5 Å². The highest BCUT2D eigenvalue weighted by Crippen LogP contribution is 2.11. The molecule has 6 nitrogen and oxygen atoms in total. The van der Waals surface area contributed by atoms with Crippen molar-refractivity contribution in [2.45, 2.75) is 13.8 Å². The van der Waals surface area contributed by atoms with Gasteiger partial charge >= 0.3 is 0 Å². The fourth-order valence-electron chi connectivity index (χ4n) is 1.98. The quantitative estimate of drug-likeness (QED) is 0.785. The van der Waals surface area contributed by atoms with Crippen LogP contribution in [0.4, 0.5) is 5.82 Å². The Hall–Kier alpha value is -2.54. The fraction of sp³-hybridized carbons (Fsp3) is 0.143. The zero-order valence-corrected chi connectivity index (χ0v) is 12.3. The first-order valence-corrected chi connectivity index (χ1v) is 7.15. The lowest BCUT2D eigenvalue weighted by Crippen LogP contribution is -2.26. The topological polar surface area (TPSA) is 76.4 Å². The van der Waals surface area contributed by atoms with Gasteiger partial charge in [-0.1, -0.05) is 6.07 Å². The molecule has 1 amide bonds. The highest BCUT2D eigenvalue weighted by atomic mass is 32.1. The molecule has 7 heteroatoms. The van der Waals surface area contributed by atoms with Gasteiger partial charge in [0.15, 0.2) is 4.96 Å². The zero-order valence-electron chi connectivity index (χ0n) is 11.5. The summed E-state index contributed by atoms with van der Waals surface area (Å²) in [6.07, 6.45) is 1.30. The molecular weight excluding hydrogens is 288 g/mol. The lowest BCUT2D eigenvalue weighted by Gasteiger charge is -2.05. The number of nitrogens with one attached hydrogen (secondary N) is 1. The summed E-state index contributed by atoms with van der Waals surface area (Å²) in [6, 6.07) is 5.28. The van der Waals surface area contributed by atoms with E-state index in [1.807, 2.05) is 18.4 Å². The third kappa shape index (κ3) is 2.43. The molecule has 3 aromatic rings. The lowest BCUT2D eigenvalue weighted by atomic mass is 10.3. The SMILES string of the molecule is Cc1cccc(NC(=O)c2cnc3scc(C)n3c2=O)n1. The third-order valence-electron chi connectivity index (χ3n) is 2.99. The molecule has 0 atom stereocenters. The summed E-state index contributed by atoms with van der Waals surface area (Å²) in [6.45, 7) is 3.63. The summed E-state index contributed by atoms with van der Waals surface area (Å²) in [5.74, 6) is -0.0999. The molecule has 0 aliphatic heterocycles. The highest BCUT2D eigenvalue weighted by molar-refractivity contribution is 7.15. The van der Waals surface area contributed by atoms with Gasteiger partial charge in [0.2, 0.25) is 0 Å². The summed E-state index contributed by atoms with van der Waals surface area (Å²) in [7, 11) is 0. The van der Waals surface area contributed by atoms with Crippen LogP contribution < -0.4 is 10.9 Å². The van der Waals surface area contributed by atoms with E-state index in [0.717, 1.165) is 11.4 Å². The molecule has 3 heterocycles. The number of amides is 1. The van der Waals surface area contributed by atoms with Gasteiger partial charge in [0, 0.05) is 23.0 Å². The number of rotatable bonds is 2. The summed E-state index contributed by atoms with van der Waals surface area (Å²) in [5.41, 5.74) is 1.17. The maximum absolute atomic E-state index is 12.4. The van der Waals surface area contributed by atoms with Crippen LogP contribution in [0.2, 0.25) is 0 Å². The standard InChI is InChI=1S/C14H12N4O2S/c1-8-4-3-5-11(16-8)17-12(19)10-6-15-14-18(13(10)20)9(2)7-21-14/h3-7H,1-2H3,(H,16,17,19). The number of nitrogens with zero attached hydrogens (tertiary/aromatic N) is 3. The molecule has 0 unspecified atom stereocenters. The molecule has 0 aliphatic rings. The van der Waals surface area contributed by atoms with E-state index in [9.17, 15) is 9.59 Å². The first kappa shape index (κ1) is 13.4. The summed E-state index contributed by atoms with van der Waals surface area (Å²) < 4.78 is 1.43. The fourth-order valence-corrected chi connectivity index (χ4v) is 2.80. The number of thiazole rings is 1. The van der Waals surface area contributed by atoms with Crippen LogP contribution in [0, 0.1) is 13.8 Å². The molecule has 3 aromatic heterocycles. The lowest BCUT2D eigenvalue weighted by molar-refractivity contribution is 0.102. The number of anilines is 1. The zero-order chi connectivity index (χ0) is 15.0. The van der Waals surface area contributed by atoms with E-state index in [4.69, 9.17) is 0 Å². The molecular formula is C14H12N4O2S. The molecule has 21 heavy (non-hydrogen) atoms. The summed E-state index contributed by atoms with van der Waals surface area (Å²) in [5, 5.41) is 4.44. The van der Waals surface area contributed by atoms with E-state index in [-0.39, 0.29) is 11.1 Å². The summed E-state index contributed by atoms with van der Waals surface area (Å²) in [4.78, 5) is 33.5. The van der Waals surface area contributed by atoms with Crippen molar-refractivity contribution in [2.24, 2.45) is 0 Å². The molecule has 0 radical (unpaired) electrons. The van der Waals surface area contributed by atoms with Crippen molar-refractivity contribution in [1.29, 1.82) is 0 Å². The van der Waals surface area contributed by atoms with Gasteiger partial charge in [-0.15, -0.1) is 11.3 Å². The molecule has 1 N–H and O–H groups in total. The van der Waals surface area contributed by atoms with Gasteiger partial charge in [0.05, 0.1) is 0 Å². The number of carbonyl (C=O) groups is 1. The second kappa shape index (κ2) is 5.10. The molecule has 0 fully saturated rings. The van der Waals surface area contributed by atoms with Crippen molar-refractivity contribution < 1.29 is 4.79 Å². The minimum atomic E-state index is -0.509. The number of pyridine rings is 1. The van der Waals surface area contributed by atoms with E-state index in [0.29, 0.717) is 10.8 Å². The van der Waals surface area contributed by atoms with Crippen molar-refractivity contribution in [3.63, 3.8) is 0 Å². The molecule has 106 valence electrons. The van der Waals surface area contributed by atoms with E-state index in [1.54, 1.807) is 19.1 Å². The maximum Gasteiger partial charge on any atom is 0.271 e. The smallest absolute Gasteiger partial charge is 0.271 e. The van der Waals surface area contributed by atoms with Crippen LogP contribution in [-0.4, -0.2) is 20.3 Å². The Morgan fingerprint density at radius 3 is 2.90 bits per heavy atom. The van der Waals surface area contributed by atoms with Gasteiger partial charge < -0.3 is 5.32 Å². The highest BCUT2D eigenvalue weighted by Gasteiger charge is 2.15. The Kier molecular flexibility index (Phi) is 3.26. The van der Waals surface area contributed by atoms with Gasteiger partial charge in [-0.05, 0) is 26.0 Å². The van der Waals surface area contributed by atoms with E-state index in [2.05, 4.69) is 15.3 Å². The minimum Gasteiger partial charge on any atom is -0.306 e. The van der Waals surface area contributed by atoms with Crippen molar-refractivity contribution in [1.82, 2.24) is 14.4 Å². The maximum atomic E-state index is 12.4. The van der Waals surface area contributed by atoms with Crippen LogP contribution in [-0.2, 0) is 0 Å². The van der Waals surface area contributed by atoms with Crippen LogP contribution in [0.25, 0.3) is 4.96 Å². The largest absolute Gasteiger partial charge is 0.306 e. The first-order valence-electron chi connectivity index (χ1n) is 6.27. The molecule has 0 bridgehead atoms. The first-order chi connectivity index (χ1) is 10.1. The van der Waals surface area contributed by atoms with Crippen LogP contribution in [0.1, 0.15) is 21.7 Å². The number of aromatic nitrogens is 3. The molecule has 0 saturated carbocycles. The third-order valence-corrected chi connectivity index (χ3v) is 3.95. The van der Waals surface area contributed by atoms with Crippen LogP contribution >= 0.6 is 11.3 Å². The number of fused-ring (bicyclic) bond motifs is 1. The predicted molar refractivity (Wildman–Crippen MR) is 81.0 cm³/mol. The Bertz CT molecular complexity index is 897. The molecule has 0 aliphatic carbocycles. The van der Waals surface area contributed by atoms with Crippen molar-refractivity contribution >= 4 is 28.0 Å². The monoisotopic (exact) mass is 300 g/mol. The van der Waals surface area contributed by atoms with Crippen molar-refractivity contribution in [2.75, 3.05) is 5.32 Å². The Balaban J connectivity index is 2.00. The van der Waals surface area contributed by atoms with Crippen LogP contribution in [0.15, 0.2) is 34.6 Å². The normalized spacial score (nSPS) is 10.8. The number of carbonyl (C=O) groups excluding carboxylic acids is 1. The molecule has 0 spiro atoms. The number of hydrogen-bond donors (Lipinski definition) is 1.